The predicted octanol–water partition coefficient (Wildman–Crippen LogP) is 2.75. The van der Waals surface area contributed by atoms with E-state index in [4.69, 9.17) is 0 Å². The van der Waals surface area contributed by atoms with Crippen molar-refractivity contribution >= 4 is 16.6 Å². The number of pyridine rings is 1. The summed E-state index contributed by atoms with van der Waals surface area (Å²) in [6, 6.07) is 5.72. The smallest absolute Gasteiger partial charge is 0.160 e. The summed E-state index contributed by atoms with van der Waals surface area (Å²) in [6.45, 7) is 3.61. The van der Waals surface area contributed by atoms with Crippen LogP contribution in [-0.4, -0.2) is 10.8 Å². The summed E-state index contributed by atoms with van der Waals surface area (Å²) < 4.78 is 0. The Morgan fingerprint density at radius 3 is 2.71 bits per heavy atom. The van der Waals surface area contributed by atoms with E-state index < -0.39 is 0 Å². The second-order valence-electron chi connectivity index (χ2n) is 3.41. The lowest BCUT2D eigenvalue weighted by atomic mass is 10.0. The minimum atomic E-state index is 0.0983. The number of carbonyl (C=O) groups is 1. The highest BCUT2D eigenvalue weighted by Gasteiger charge is 2.06. The van der Waals surface area contributed by atoms with Crippen molar-refractivity contribution in [1.82, 2.24) is 4.98 Å². The van der Waals surface area contributed by atoms with Crippen molar-refractivity contribution in [1.29, 1.82) is 0 Å². The second-order valence-corrected chi connectivity index (χ2v) is 3.41. The van der Waals surface area contributed by atoms with Crippen LogP contribution >= 0.6 is 0 Å². The molecule has 0 amide bonds. The molecule has 0 unspecified atom stereocenters. The normalized spacial score (nSPS) is 10.4. The van der Waals surface area contributed by atoms with Gasteiger partial charge >= 0.3 is 0 Å². The van der Waals surface area contributed by atoms with E-state index in [2.05, 4.69) is 4.98 Å². The van der Waals surface area contributed by atoms with Gasteiger partial charge in [-0.25, -0.2) is 0 Å². The van der Waals surface area contributed by atoms with Gasteiger partial charge < -0.3 is 0 Å². The van der Waals surface area contributed by atoms with Gasteiger partial charge in [-0.3, -0.25) is 9.78 Å². The van der Waals surface area contributed by atoms with Gasteiger partial charge in [0.1, 0.15) is 0 Å². The Kier molecular flexibility index (Phi) is 2.04. The molecular formula is C12H11NO. The highest BCUT2D eigenvalue weighted by atomic mass is 16.1. The van der Waals surface area contributed by atoms with Gasteiger partial charge in [-0.2, -0.15) is 0 Å². The number of rotatable bonds is 1. The maximum Gasteiger partial charge on any atom is 0.160 e. The van der Waals surface area contributed by atoms with E-state index in [1.807, 2.05) is 25.1 Å². The maximum absolute atomic E-state index is 11.4. The highest BCUT2D eigenvalue weighted by molar-refractivity contribution is 6.07. The lowest BCUT2D eigenvalue weighted by molar-refractivity contribution is 0.101. The van der Waals surface area contributed by atoms with Crippen LogP contribution in [0.1, 0.15) is 22.8 Å². The van der Waals surface area contributed by atoms with Gasteiger partial charge in [-0.1, -0.05) is 12.1 Å². The standard InChI is InChI=1S/C12H11NO/c1-8-3-4-10(9(2)14)11-5-6-13-7-12(8)11/h3-7H,1-2H3. The fourth-order valence-electron chi connectivity index (χ4n) is 1.64. The molecule has 2 aromatic rings. The first-order valence-corrected chi connectivity index (χ1v) is 4.54. The van der Waals surface area contributed by atoms with E-state index in [-0.39, 0.29) is 5.78 Å². The molecule has 0 atom stereocenters. The molecule has 2 rings (SSSR count). The van der Waals surface area contributed by atoms with Gasteiger partial charge in [0, 0.05) is 23.3 Å². The number of ketones is 1. The lowest BCUT2D eigenvalue weighted by Gasteiger charge is -2.05. The molecule has 14 heavy (non-hydrogen) atoms. The molecule has 0 saturated heterocycles. The molecule has 0 aliphatic heterocycles. The van der Waals surface area contributed by atoms with Crippen molar-refractivity contribution in [3.63, 3.8) is 0 Å². The summed E-state index contributed by atoms with van der Waals surface area (Å²) in [5.41, 5.74) is 1.92. The molecule has 0 saturated carbocycles. The van der Waals surface area contributed by atoms with Crippen molar-refractivity contribution in [2.24, 2.45) is 0 Å². The van der Waals surface area contributed by atoms with E-state index in [9.17, 15) is 4.79 Å². The van der Waals surface area contributed by atoms with E-state index in [1.165, 1.54) is 0 Å². The number of aryl methyl sites for hydroxylation is 1. The molecule has 70 valence electrons. The van der Waals surface area contributed by atoms with E-state index in [0.717, 1.165) is 21.9 Å². The molecule has 0 fully saturated rings. The summed E-state index contributed by atoms with van der Waals surface area (Å²) in [7, 11) is 0. The number of carbonyl (C=O) groups excluding carboxylic acids is 1. The monoisotopic (exact) mass is 185 g/mol. The molecule has 2 heteroatoms. The van der Waals surface area contributed by atoms with Crippen LogP contribution in [-0.2, 0) is 0 Å². The summed E-state index contributed by atoms with van der Waals surface area (Å²) in [6.07, 6.45) is 3.52. The number of aromatic nitrogens is 1. The van der Waals surface area contributed by atoms with Crippen LogP contribution in [0.2, 0.25) is 0 Å². The Balaban J connectivity index is 2.88. The third-order valence-corrected chi connectivity index (χ3v) is 2.42. The Hall–Kier alpha value is -1.70. The summed E-state index contributed by atoms with van der Waals surface area (Å²) in [5, 5.41) is 2.05. The van der Waals surface area contributed by atoms with Crippen LogP contribution in [0.25, 0.3) is 10.8 Å². The first kappa shape index (κ1) is 8.88. The van der Waals surface area contributed by atoms with Crippen LogP contribution in [0.15, 0.2) is 30.6 Å². The zero-order valence-electron chi connectivity index (χ0n) is 8.24. The van der Waals surface area contributed by atoms with Crippen molar-refractivity contribution in [3.05, 3.63) is 41.7 Å². The Labute approximate surface area is 82.6 Å². The van der Waals surface area contributed by atoms with E-state index in [1.54, 1.807) is 19.3 Å². The van der Waals surface area contributed by atoms with Crippen molar-refractivity contribution < 1.29 is 4.79 Å². The molecule has 0 aliphatic carbocycles. The zero-order valence-corrected chi connectivity index (χ0v) is 8.24. The molecule has 0 aliphatic rings. The number of hydrogen-bond acceptors (Lipinski definition) is 2. The van der Waals surface area contributed by atoms with Crippen LogP contribution in [0.5, 0.6) is 0 Å². The number of hydrogen-bond donors (Lipinski definition) is 0. The average Bonchev–Trinajstić information content (AvgIpc) is 2.18. The van der Waals surface area contributed by atoms with Crippen molar-refractivity contribution in [3.8, 4) is 0 Å². The van der Waals surface area contributed by atoms with Crippen LogP contribution < -0.4 is 0 Å². The molecule has 0 N–H and O–H groups in total. The lowest BCUT2D eigenvalue weighted by Crippen LogP contribution is -1.94. The second kappa shape index (κ2) is 3.22. The topological polar surface area (TPSA) is 30.0 Å². The number of benzene rings is 1. The Morgan fingerprint density at radius 2 is 2.00 bits per heavy atom. The fraction of sp³-hybridized carbons (Fsp3) is 0.167. The third kappa shape index (κ3) is 1.29. The van der Waals surface area contributed by atoms with Gasteiger partial charge in [0.05, 0.1) is 0 Å². The van der Waals surface area contributed by atoms with E-state index in [0.29, 0.717) is 0 Å². The van der Waals surface area contributed by atoms with Gasteiger partial charge in [-0.15, -0.1) is 0 Å². The SMILES string of the molecule is CC(=O)c1ccc(C)c2cnccc12. The zero-order chi connectivity index (χ0) is 10.1. The van der Waals surface area contributed by atoms with E-state index >= 15 is 0 Å². The number of fused-ring (bicyclic) bond motifs is 1. The molecular weight excluding hydrogens is 174 g/mol. The third-order valence-electron chi connectivity index (χ3n) is 2.42. The van der Waals surface area contributed by atoms with Gasteiger partial charge in [0.25, 0.3) is 0 Å². The van der Waals surface area contributed by atoms with Gasteiger partial charge in [0.15, 0.2) is 5.78 Å². The summed E-state index contributed by atoms with van der Waals surface area (Å²) in [5.74, 6) is 0.0983. The molecule has 0 radical (unpaired) electrons. The largest absolute Gasteiger partial charge is 0.294 e. The molecule has 2 nitrogen and oxygen atoms in total. The van der Waals surface area contributed by atoms with Crippen molar-refractivity contribution in [2.75, 3.05) is 0 Å². The number of nitrogens with zero attached hydrogens (tertiary/aromatic N) is 1. The summed E-state index contributed by atoms with van der Waals surface area (Å²) >= 11 is 0. The van der Waals surface area contributed by atoms with Crippen LogP contribution in [0.4, 0.5) is 0 Å². The molecule has 0 spiro atoms. The minimum Gasteiger partial charge on any atom is -0.294 e. The number of Topliss-reactive ketones (excluding diaryl/α,β-unsaturated/α-hetero) is 1. The quantitative estimate of drug-likeness (QED) is 0.639. The first-order chi connectivity index (χ1) is 6.70. The Morgan fingerprint density at radius 1 is 1.21 bits per heavy atom. The van der Waals surface area contributed by atoms with Crippen molar-refractivity contribution in [2.45, 2.75) is 13.8 Å². The van der Waals surface area contributed by atoms with Gasteiger partial charge in [0.2, 0.25) is 0 Å². The summed E-state index contributed by atoms with van der Waals surface area (Å²) in [4.78, 5) is 15.4. The van der Waals surface area contributed by atoms with Gasteiger partial charge in [-0.05, 0) is 30.9 Å². The molecule has 1 heterocycles. The fourth-order valence-corrected chi connectivity index (χ4v) is 1.64. The Bertz CT molecular complexity index is 503. The average molecular weight is 185 g/mol. The molecule has 1 aromatic carbocycles. The van der Waals surface area contributed by atoms with Crippen LogP contribution in [0.3, 0.4) is 0 Å². The maximum atomic E-state index is 11.4. The minimum absolute atomic E-state index is 0.0983. The highest BCUT2D eigenvalue weighted by Crippen LogP contribution is 2.21. The molecule has 0 bridgehead atoms. The predicted molar refractivity (Wildman–Crippen MR) is 56.5 cm³/mol. The van der Waals surface area contributed by atoms with Crippen LogP contribution in [0, 0.1) is 6.92 Å². The molecule has 1 aromatic heterocycles. The first-order valence-electron chi connectivity index (χ1n) is 4.54.